The summed E-state index contributed by atoms with van der Waals surface area (Å²) in [5.74, 6) is 0. The van der Waals surface area contributed by atoms with E-state index in [-0.39, 0.29) is 6.04 Å². The summed E-state index contributed by atoms with van der Waals surface area (Å²) < 4.78 is 0. The Morgan fingerprint density at radius 1 is 1.25 bits per heavy atom. The molecule has 1 aromatic rings. The van der Waals surface area contributed by atoms with Gasteiger partial charge in [0.2, 0.25) is 0 Å². The van der Waals surface area contributed by atoms with E-state index in [2.05, 4.69) is 37.4 Å². The van der Waals surface area contributed by atoms with Crippen molar-refractivity contribution < 1.29 is 5.11 Å². The first-order valence-corrected chi connectivity index (χ1v) is 6.04. The van der Waals surface area contributed by atoms with Gasteiger partial charge in [-0.1, -0.05) is 29.3 Å². The lowest BCUT2D eigenvalue weighted by Gasteiger charge is -2.31. The summed E-state index contributed by atoms with van der Waals surface area (Å²) in [6.45, 7) is 7.10. The molecular weight excluding hydrogens is 198 g/mol. The van der Waals surface area contributed by atoms with Crippen LogP contribution >= 0.6 is 0 Å². The van der Waals surface area contributed by atoms with Gasteiger partial charge in [0.25, 0.3) is 0 Å². The van der Waals surface area contributed by atoms with Crippen LogP contribution < -0.4 is 5.32 Å². The normalized spacial score (nSPS) is 24.4. The Labute approximate surface area is 97.7 Å². The molecule has 0 bridgehead atoms. The quantitative estimate of drug-likeness (QED) is 0.799. The first-order valence-electron chi connectivity index (χ1n) is 6.04. The van der Waals surface area contributed by atoms with Gasteiger partial charge in [-0.15, -0.1) is 0 Å². The number of hydrogen-bond donors (Lipinski definition) is 2. The molecule has 2 heteroatoms. The molecule has 1 heterocycles. The second-order valence-corrected chi connectivity index (χ2v) is 5.17. The molecule has 1 aliphatic heterocycles. The van der Waals surface area contributed by atoms with Gasteiger partial charge in [-0.25, -0.2) is 0 Å². The molecule has 0 saturated carbocycles. The topological polar surface area (TPSA) is 32.3 Å². The van der Waals surface area contributed by atoms with Crippen molar-refractivity contribution in [2.75, 3.05) is 6.54 Å². The molecule has 0 spiro atoms. The van der Waals surface area contributed by atoms with E-state index < -0.39 is 5.60 Å². The fourth-order valence-electron chi connectivity index (χ4n) is 2.63. The zero-order valence-electron chi connectivity index (χ0n) is 10.4. The highest BCUT2D eigenvalue weighted by atomic mass is 16.3. The number of nitrogens with one attached hydrogen (secondary N) is 1. The Balaban J connectivity index is 2.33. The average molecular weight is 219 g/mol. The smallest absolute Gasteiger partial charge is 0.102 e. The van der Waals surface area contributed by atoms with Gasteiger partial charge in [-0.05, 0) is 45.7 Å². The molecule has 0 aliphatic carbocycles. The Kier molecular flexibility index (Phi) is 3.04. The van der Waals surface area contributed by atoms with Crippen LogP contribution in [0.5, 0.6) is 0 Å². The lowest BCUT2D eigenvalue weighted by atomic mass is 9.86. The average Bonchev–Trinajstić information content (AvgIpc) is 2.69. The first kappa shape index (κ1) is 11.6. The molecule has 2 rings (SSSR count). The van der Waals surface area contributed by atoms with Crippen LogP contribution in [0.15, 0.2) is 18.2 Å². The van der Waals surface area contributed by atoms with Crippen LogP contribution in [0.25, 0.3) is 0 Å². The second-order valence-electron chi connectivity index (χ2n) is 5.17. The minimum Gasteiger partial charge on any atom is -0.384 e. The van der Waals surface area contributed by atoms with Crippen LogP contribution in [0.3, 0.4) is 0 Å². The van der Waals surface area contributed by atoms with Gasteiger partial charge in [-0.2, -0.15) is 0 Å². The summed E-state index contributed by atoms with van der Waals surface area (Å²) in [5, 5.41) is 14.1. The minimum absolute atomic E-state index is 0.189. The van der Waals surface area contributed by atoms with Gasteiger partial charge in [0.1, 0.15) is 5.60 Å². The maximum atomic E-state index is 10.7. The molecule has 2 atom stereocenters. The SMILES string of the molecule is Cc1cc(C)cc(C(C)(O)[C@@H]2CCCN2)c1. The van der Waals surface area contributed by atoms with Gasteiger partial charge in [-0.3, -0.25) is 0 Å². The van der Waals surface area contributed by atoms with E-state index in [9.17, 15) is 5.11 Å². The molecule has 2 N–H and O–H groups in total. The van der Waals surface area contributed by atoms with Crippen molar-refractivity contribution in [3.8, 4) is 0 Å². The van der Waals surface area contributed by atoms with Crippen molar-refractivity contribution in [2.24, 2.45) is 0 Å². The summed E-state index contributed by atoms with van der Waals surface area (Å²) in [5.41, 5.74) is 2.71. The molecule has 1 unspecified atom stereocenters. The number of rotatable bonds is 2. The van der Waals surface area contributed by atoms with Gasteiger partial charge in [0, 0.05) is 6.04 Å². The molecule has 0 aromatic heterocycles. The molecule has 1 aliphatic rings. The first-order chi connectivity index (χ1) is 7.50. The van der Waals surface area contributed by atoms with E-state index in [4.69, 9.17) is 0 Å². The lowest BCUT2D eigenvalue weighted by Crippen LogP contribution is -2.42. The van der Waals surface area contributed by atoms with Crippen LogP contribution in [0, 0.1) is 13.8 Å². The van der Waals surface area contributed by atoms with Gasteiger partial charge >= 0.3 is 0 Å². The van der Waals surface area contributed by atoms with Gasteiger partial charge < -0.3 is 10.4 Å². The van der Waals surface area contributed by atoms with Crippen LogP contribution in [0.1, 0.15) is 36.5 Å². The summed E-state index contributed by atoms with van der Waals surface area (Å²) in [6.07, 6.45) is 2.21. The van der Waals surface area contributed by atoms with Crippen molar-refractivity contribution in [1.29, 1.82) is 0 Å². The minimum atomic E-state index is -0.757. The predicted molar refractivity (Wildman–Crippen MR) is 66.5 cm³/mol. The molecule has 1 aromatic carbocycles. The largest absolute Gasteiger partial charge is 0.384 e. The third kappa shape index (κ3) is 2.13. The monoisotopic (exact) mass is 219 g/mol. The van der Waals surface area contributed by atoms with E-state index in [1.54, 1.807) is 0 Å². The maximum Gasteiger partial charge on any atom is 0.102 e. The van der Waals surface area contributed by atoms with Gasteiger partial charge in [0.05, 0.1) is 0 Å². The zero-order chi connectivity index (χ0) is 11.8. The molecule has 0 amide bonds. The van der Waals surface area contributed by atoms with E-state index in [1.807, 2.05) is 6.92 Å². The molecule has 88 valence electrons. The molecule has 2 nitrogen and oxygen atoms in total. The zero-order valence-corrected chi connectivity index (χ0v) is 10.4. The Bertz CT molecular complexity index is 358. The third-order valence-corrected chi connectivity index (χ3v) is 3.54. The third-order valence-electron chi connectivity index (χ3n) is 3.54. The van der Waals surface area contributed by atoms with Crippen molar-refractivity contribution in [2.45, 2.75) is 45.3 Å². The van der Waals surface area contributed by atoms with Crippen LogP contribution in [-0.2, 0) is 5.60 Å². The molecule has 0 radical (unpaired) electrons. The summed E-state index contributed by atoms with van der Waals surface area (Å²) in [4.78, 5) is 0. The van der Waals surface area contributed by atoms with E-state index >= 15 is 0 Å². The lowest BCUT2D eigenvalue weighted by molar-refractivity contribution is 0.0217. The fourth-order valence-corrected chi connectivity index (χ4v) is 2.63. The molecule has 1 saturated heterocycles. The van der Waals surface area contributed by atoms with Crippen molar-refractivity contribution in [3.05, 3.63) is 34.9 Å². The van der Waals surface area contributed by atoms with Crippen LogP contribution in [-0.4, -0.2) is 17.7 Å². The van der Waals surface area contributed by atoms with Crippen molar-refractivity contribution >= 4 is 0 Å². The van der Waals surface area contributed by atoms with Crippen molar-refractivity contribution in [3.63, 3.8) is 0 Å². The number of aryl methyl sites for hydroxylation is 2. The molecular formula is C14H21NO. The summed E-state index contributed by atoms with van der Waals surface area (Å²) >= 11 is 0. The Hall–Kier alpha value is -0.860. The highest BCUT2D eigenvalue weighted by molar-refractivity contribution is 5.33. The molecule has 1 fully saturated rings. The van der Waals surface area contributed by atoms with E-state index in [1.165, 1.54) is 11.1 Å². The Morgan fingerprint density at radius 3 is 2.38 bits per heavy atom. The second kappa shape index (κ2) is 4.19. The predicted octanol–water partition coefficient (Wildman–Crippen LogP) is 2.26. The maximum absolute atomic E-state index is 10.7. The van der Waals surface area contributed by atoms with E-state index in [0.717, 1.165) is 24.9 Å². The highest BCUT2D eigenvalue weighted by Crippen LogP contribution is 2.30. The number of hydrogen-bond acceptors (Lipinski definition) is 2. The molecule has 16 heavy (non-hydrogen) atoms. The van der Waals surface area contributed by atoms with Gasteiger partial charge in [0.15, 0.2) is 0 Å². The summed E-state index contributed by atoms with van der Waals surface area (Å²) in [7, 11) is 0. The number of benzene rings is 1. The van der Waals surface area contributed by atoms with Crippen LogP contribution in [0.2, 0.25) is 0 Å². The highest BCUT2D eigenvalue weighted by Gasteiger charge is 2.35. The fraction of sp³-hybridized carbons (Fsp3) is 0.571. The standard InChI is InChI=1S/C14H21NO/c1-10-7-11(2)9-12(8-10)14(3,16)13-5-4-6-15-13/h7-9,13,15-16H,4-6H2,1-3H3/t13-,14?/m0/s1. The van der Waals surface area contributed by atoms with Crippen molar-refractivity contribution in [1.82, 2.24) is 5.32 Å². The van der Waals surface area contributed by atoms with E-state index in [0.29, 0.717) is 0 Å². The number of aliphatic hydroxyl groups is 1. The summed E-state index contributed by atoms with van der Waals surface area (Å²) in [6, 6.07) is 6.51. The van der Waals surface area contributed by atoms with Crippen LogP contribution in [0.4, 0.5) is 0 Å². The Morgan fingerprint density at radius 2 is 1.88 bits per heavy atom.